The largest absolute Gasteiger partial charge is 0.492 e. The van der Waals surface area contributed by atoms with E-state index in [1.807, 2.05) is 25.1 Å². The van der Waals surface area contributed by atoms with Crippen molar-refractivity contribution in [1.29, 1.82) is 0 Å². The molecule has 1 N–H and O–H groups in total. The molecular weight excluding hydrogens is 345 g/mol. The quantitative estimate of drug-likeness (QED) is 0.846. The zero-order valence-corrected chi connectivity index (χ0v) is 15.9. The van der Waals surface area contributed by atoms with Crippen LogP contribution >= 0.6 is 0 Å². The number of amides is 1. The Kier molecular flexibility index (Phi) is 6.29. The van der Waals surface area contributed by atoms with Crippen molar-refractivity contribution in [2.24, 2.45) is 0 Å². The fourth-order valence-corrected chi connectivity index (χ4v) is 3.22. The molecule has 5 nitrogen and oxygen atoms in total. The standard InChI is InChI=1S/C21H26FN3O2/c1-3-27-20-7-5-4-6-19(20)25-12-10-24(11-13-25)15-21(26)23-17-9-8-16(2)18(22)14-17/h4-9,14H,3,10-13,15H2,1-2H3,(H,23,26). The topological polar surface area (TPSA) is 44.8 Å². The number of para-hydroxylation sites is 2. The van der Waals surface area contributed by atoms with Gasteiger partial charge in [0.25, 0.3) is 0 Å². The first-order valence-corrected chi connectivity index (χ1v) is 9.32. The van der Waals surface area contributed by atoms with E-state index in [1.54, 1.807) is 19.1 Å². The molecule has 0 spiro atoms. The number of hydrogen-bond donors (Lipinski definition) is 1. The van der Waals surface area contributed by atoms with Gasteiger partial charge >= 0.3 is 0 Å². The lowest BCUT2D eigenvalue weighted by Crippen LogP contribution is -2.48. The molecule has 1 heterocycles. The predicted octanol–water partition coefficient (Wildman–Crippen LogP) is 3.29. The molecule has 1 fully saturated rings. The summed E-state index contributed by atoms with van der Waals surface area (Å²) in [5.41, 5.74) is 2.16. The van der Waals surface area contributed by atoms with E-state index in [1.165, 1.54) is 6.07 Å². The van der Waals surface area contributed by atoms with Crippen LogP contribution in [0.3, 0.4) is 0 Å². The van der Waals surface area contributed by atoms with Crippen molar-refractivity contribution >= 4 is 17.3 Å². The number of ether oxygens (including phenoxy) is 1. The lowest BCUT2D eigenvalue weighted by atomic mass is 10.2. The summed E-state index contributed by atoms with van der Waals surface area (Å²) in [5.74, 6) is 0.461. The lowest BCUT2D eigenvalue weighted by molar-refractivity contribution is -0.117. The van der Waals surface area contributed by atoms with Crippen molar-refractivity contribution < 1.29 is 13.9 Å². The summed E-state index contributed by atoms with van der Waals surface area (Å²) in [4.78, 5) is 16.7. The second kappa shape index (κ2) is 8.86. The minimum Gasteiger partial charge on any atom is -0.492 e. The first-order valence-electron chi connectivity index (χ1n) is 9.32. The molecule has 6 heteroatoms. The Hall–Kier alpha value is -2.60. The number of hydrogen-bond acceptors (Lipinski definition) is 4. The van der Waals surface area contributed by atoms with Gasteiger partial charge in [0, 0.05) is 31.9 Å². The van der Waals surface area contributed by atoms with E-state index in [0.29, 0.717) is 24.4 Å². The van der Waals surface area contributed by atoms with E-state index in [2.05, 4.69) is 21.2 Å². The van der Waals surface area contributed by atoms with Crippen LogP contribution in [0.4, 0.5) is 15.8 Å². The van der Waals surface area contributed by atoms with Crippen LogP contribution in [0, 0.1) is 12.7 Å². The van der Waals surface area contributed by atoms with Gasteiger partial charge in [-0.1, -0.05) is 18.2 Å². The highest BCUT2D eigenvalue weighted by Crippen LogP contribution is 2.28. The molecule has 0 unspecified atom stereocenters. The minimum absolute atomic E-state index is 0.124. The number of carbonyl (C=O) groups excluding carboxylic acids is 1. The summed E-state index contributed by atoms with van der Waals surface area (Å²) in [6.45, 7) is 7.85. The predicted molar refractivity (Wildman–Crippen MR) is 106 cm³/mol. The number of anilines is 2. The number of piperazine rings is 1. The molecular formula is C21H26FN3O2. The van der Waals surface area contributed by atoms with E-state index in [9.17, 15) is 9.18 Å². The van der Waals surface area contributed by atoms with Crippen molar-refractivity contribution in [3.63, 3.8) is 0 Å². The highest BCUT2D eigenvalue weighted by atomic mass is 19.1. The number of aryl methyl sites for hydroxylation is 1. The van der Waals surface area contributed by atoms with Crippen molar-refractivity contribution in [1.82, 2.24) is 4.90 Å². The monoisotopic (exact) mass is 371 g/mol. The third-order valence-electron chi connectivity index (χ3n) is 4.70. The summed E-state index contributed by atoms with van der Waals surface area (Å²) in [6, 6.07) is 12.8. The second-order valence-corrected chi connectivity index (χ2v) is 6.68. The molecule has 0 radical (unpaired) electrons. The number of nitrogens with one attached hydrogen (secondary N) is 1. The van der Waals surface area contributed by atoms with Gasteiger partial charge in [-0.05, 0) is 43.7 Å². The number of halogens is 1. The van der Waals surface area contributed by atoms with E-state index in [0.717, 1.165) is 37.6 Å². The number of nitrogens with zero attached hydrogens (tertiary/aromatic N) is 2. The summed E-state index contributed by atoms with van der Waals surface area (Å²) < 4.78 is 19.3. The summed E-state index contributed by atoms with van der Waals surface area (Å²) in [6.07, 6.45) is 0. The molecule has 0 saturated carbocycles. The Labute approximate surface area is 159 Å². The van der Waals surface area contributed by atoms with Crippen LogP contribution < -0.4 is 15.0 Å². The van der Waals surface area contributed by atoms with Crippen LogP contribution in [-0.2, 0) is 4.79 Å². The van der Waals surface area contributed by atoms with Crippen molar-refractivity contribution in [3.8, 4) is 5.75 Å². The van der Waals surface area contributed by atoms with Crippen molar-refractivity contribution in [3.05, 3.63) is 53.8 Å². The second-order valence-electron chi connectivity index (χ2n) is 6.68. The molecule has 3 rings (SSSR count). The molecule has 1 aliphatic rings. The van der Waals surface area contributed by atoms with Crippen LogP contribution in [0.2, 0.25) is 0 Å². The van der Waals surface area contributed by atoms with Gasteiger partial charge in [0.2, 0.25) is 5.91 Å². The van der Waals surface area contributed by atoms with Gasteiger partial charge in [-0.2, -0.15) is 0 Å². The van der Waals surface area contributed by atoms with Gasteiger partial charge in [-0.3, -0.25) is 9.69 Å². The maximum atomic E-state index is 13.6. The molecule has 2 aromatic carbocycles. The number of benzene rings is 2. The van der Waals surface area contributed by atoms with Gasteiger partial charge in [0.15, 0.2) is 0 Å². The third kappa shape index (κ3) is 4.98. The Balaban J connectivity index is 1.52. The molecule has 0 aromatic heterocycles. The van der Waals surface area contributed by atoms with Crippen LogP contribution in [-0.4, -0.2) is 50.1 Å². The molecule has 0 bridgehead atoms. The molecule has 0 atom stereocenters. The molecule has 1 saturated heterocycles. The minimum atomic E-state index is -0.311. The number of rotatable bonds is 6. The average Bonchev–Trinajstić information content (AvgIpc) is 2.66. The van der Waals surface area contributed by atoms with Crippen LogP contribution in [0.25, 0.3) is 0 Å². The lowest BCUT2D eigenvalue weighted by Gasteiger charge is -2.36. The molecule has 144 valence electrons. The fraction of sp³-hybridized carbons (Fsp3) is 0.381. The third-order valence-corrected chi connectivity index (χ3v) is 4.70. The Bertz CT molecular complexity index is 789. The van der Waals surface area contributed by atoms with Gasteiger partial charge in [0.1, 0.15) is 11.6 Å². The maximum absolute atomic E-state index is 13.6. The van der Waals surface area contributed by atoms with Crippen LogP contribution in [0.1, 0.15) is 12.5 Å². The zero-order valence-electron chi connectivity index (χ0n) is 15.9. The van der Waals surface area contributed by atoms with Gasteiger partial charge in [-0.15, -0.1) is 0 Å². The Morgan fingerprint density at radius 2 is 1.89 bits per heavy atom. The Morgan fingerprint density at radius 3 is 2.59 bits per heavy atom. The highest BCUT2D eigenvalue weighted by molar-refractivity contribution is 5.92. The van der Waals surface area contributed by atoms with Crippen LogP contribution in [0.15, 0.2) is 42.5 Å². The first kappa shape index (κ1) is 19.2. The molecule has 27 heavy (non-hydrogen) atoms. The van der Waals surface area contributed by atoms with Gasteiger partial charge in [0.05, 0.1) is 18.8 Å². The van der Waals surface area contributed by atoms with E-state index >= 15 is 0 Å². The smallest absolute Gasteiger partial charge is 0.238 e. The average molecular weight is 371 g/mol. The molecule has 2 aromatic rings. The molecule has 0 aliphatic carbocycles. The van der Waals surface area contributed by atoms with Gasteiger partial charge < -0.3 is 15.0 Å². The molecule has 1 aliphatic heterocycles. The Morgan fingerprint density at radius 1 is 1.15 bits per heavy atom. The summed E-state index contributed by atoms with van der Waals surface area (Å²) in [7, 11) is 0. The van der Waals surface area contributed by atoms with Crippen molar-refractivity contribution in [2.45, 2.75) is 13.8 Å². The fourth-order valence-electron chi connectivity index (χ4n) is 3.22. The van der Waals surface area contributed by atoms with E-state index in [-0.39, 0.29) is 11.7 Å². The van der Waals surface area contributed by atoms with Crippen molar-refractivity contribution in [2.75, 3.05) is 49.5 Å². The van der Waals surface area contributed by atoms with Gasteiger partial charge in [-0.25, -0.2) is 4.39 Å². The number of carbonyl (C=O) groups is 1. The SMILES string of the molecule is CCOc1ccccc1N1CCN(CC(=O)Nc2ccc(C)c(F)c2)CC1. The van der Waals surface area contributed by atoms with Crippen LogP contribution in [0.5, 0.6) is 5.75 Å². The highest BCUT2D eigenvalue weighted by Gasteiger charge is 2.21. The normalized spacial score (nSPS) is 14.9. The van der Waals surface area contributed by atoms with E-state index < -0.39 is 0 Å². The maximum Gasteiger partial charge on any atom is 0.238 e. The first-order chi connectivity index (χ1) is 13.1. The summed E-state index contributed by atoms with van der Waals surface area (Å²) >= 11 is 0. The summed E-state index contributed by atoms with van der Waals surface area (Å²) in [5, 5.41) is 2.77. The molecule has 1 amide bonds. The zero-order chi connectivity index (χ0) is 19.2. The van der Waals surface area contributed by atoms with E-state index in [4.69, 9.17) is 4.74 Å².